The molecule has 0 atom stereocenters. The minimum absolute atomic E-state index is 0.282. The van der Waals surface area contributed by atoms with Crippen LogP contribution in [0.5, 0.6) is 0 Å². The van der Waals surface area contributed by atoms with Crippen molar-refractivity contribution in [3.8, 4) is 11.4 Å². The van der Waals surface area contributed by atoms with Gasteiger partial charge in [-0.3, -0.25) is 0 Å². The van der Waals surface area contributed by atoms with Crippen molar-refractivity contribution in [3.05, 3.63) is 41.7 Å². The summed E-state index contributed by atoms with van der Waals surface area (Å²) in [5.41, 5.74) is 6.19. The molecule has 1 aromatic heterocycles. The molecule has 132 valence electrons. The molecule has 0 bridgehead atoms. The Morgan fingerprint density at radius 2 is 1.88 bits per heavy atom. The molecule has 4 nitrogen and oxygen atoms in total. The van der Waals surface area contributed by atoms with Gasteiger partial charge in [0.05, 0.1) is 6.61 Å². The van der Waals surface area contributed by atoms with Gasteiger partial charge in [0.25, 0.3) is 0 Å². The Morgan fingerprint density at radius 1 is 1.17 bits per heavy atom. The van der Waals surface area contributed by atoms with Gasteiger partial charge < -0.3 is 15.0 Å². The van der Waals surface area contributed by atoms with E-state index in [0.29, 0.717) is 31.9 Å². The zero-order chi connectivity index (χ0) is 17.6. The second-order valence-electron chi connectivity index (χ2n) is 5.51. The first-order valence-electron chi connectivity index (χ1n) is 7.97. The number of aromatic nitrogens is 2. The van der Waals surface area contributed by atoms with Gasteiger partial charge in [0.15, 0.2) is 5.69 Å². The minimum atomic E-state index is -4.47. The average Bonchev–Trinajstić information content (AvgIpc) is 2.99. The SMILES string of the molecule is CCCCOCCn1cc(C(F)(F)F)nc1-c1ccc(CN)cc1. The quantitative estimate of drug-likeness (QED) is 0.742. The van der Waals surface area contributed by atoms with Crippen molar-refractivity contribution in [1.29, 1.82) is 0 Å². The first kappa shape index (κ1) is 18.5. The lowest BCUT2D eigenvalue weighted by molar-refractivity contribution is -0.140. The molecule has 24 heavy (non-hydrogen) atoms. The van der Waals surface area contributed by atoms with E-state index < -0.39 is 11.9 Å². The number of nitrogens with two attached hydrogens (primary N) is 1. The summed E-state index contributed by atoms with van der Waals surface area (Å²) in [6.07, 6.45) is -1.48. The Morgan fingerprint density at radius 3 is 2.46 bits per heavy atom. The average molecular weight is 341 g/mol. The Balaban J connectivity index is 2.21. The highest BCUT2D eigenvalue weighted by Gasteiger charge is 2.34. The van der Waals surface area contributed by atoms with Crippen LogP contribution in [0.3, 0.4) is 0 Å². The molecule has 0 aliphatic heterocycles. The number of nitrogens with zero attached hydrogens (tertiary/aromatic N) is 2. The number of benzene rings is 1. The highest BCUT2D eigenvalue weighted by Crippen LogP contribution is 2.31. The van der Waals surface area contributed by atoms with Crippen molar-refractivity contribution in [2.45, 2.75) is 39.0 Å². The fourth-order valence-corrected chi connectivity index (χ4v) is 2.25. The molecule has 1 aromatic carbocycles. The lowest BCUT2D eigenvalue weighted by Gasteiger charge is -2.09. The van der Waals surface area contributed by atoms with E-state index in [1.165, 1.54) is 4.57 Å². The van der Waals surface area contributed by atoms with Crippen molar-refractivity contribution in [3.63, 3.8) is 0 Å². The maximum absolute atomic E-state index is 13.0. The molecule has 0 spiro atoms. The summed E-state index contributed by atoms with van der Waals surface area (Å²) in [6, 6.07) is 7.05. The molecule has 0 aliphatic rings. The van der Waals surface area contributed by atoms with Crippen LogP contribution in [0, 0.1) is 0 Å². The number of rotatable bonds is 8. The van der Waals surface area contributed by atoms with E-state index in [-0.39, 0.29) is 5.82 Å². The fourth-order valence-electron chi connectivity index (χ4n) is 2.25. The molecule has 2 rings (SSSR count). The van der Waals surface area contributed by atoms with Gasteiger partial charge in [-0.05, 0) is 12.0 Å². The number of hydrogen-bond donors (Lipinski definition) is 1. The second kappa shape index (κ2) is 8.30. The number of imidazole rings is 1. The Labute approximate surface area is 139 Å². The van der Waals surface area contributed by atoms with Gasteiger partial charge in [0.1, 0.15) is 5.82 Å². The molecule has 0 amide bonds. The maximum Gasteiger partial charge on any atom is 0.434 e. The van der Waals surface area contributed by atoms with E-state index in [4.69, 9.17) is 10.5 Å². The predicted molar refractivity (Wildman–Crippen MR) is 86.3 cm³/mol. The fraction of sp³-hybridized carbons (Fsp3) is 0.471. The van der Waals surface area contributed by atoms with Crippen LogP contribution in [-0.2, 0) is 24.0 Å². The molecule has 1 heterocycles. The summed E-state index contributed by atoms with van der Waals surface area (Å²) in [4.78, 5) is 3.77. The van der Waals surface area contributed by atoms with E-state index >= 15 is 0 Å². The van der Waals surface area contributed by atoms with E-state index in [2.05, 4.69) is 11.9 Å². The highest BCUT2D eigenvalue weighted by atomic mass is 19.4. The van der Waals surface area contributed by atoms with Crippen LogP contribution in [0.1, 0.15) is 31.0 Å². The van der Waals surface area contributed by atoms with Crippen LogP contribution in [-0.4, -0.2) is 22.8 Å². The van der Waals surface area contributed by atoms with Crippen LogP contribution in [0.4, 0.5) is 13.2 Å². The van der Waals surface area contributed by atoms with Gasteiger partial charge in [-0.1, -0.05) is 37.6 Å². The van der Waals surface area contributed by atoms with E-state index in [0.717, 1.165) is 24.6 Å². The molecule has 0 aliphatic carbocycles. The van der Waals surface area contributed by atoms with Gasteiger partial charge in [-0.2, -0.15) is 13.2 Å². The van der Waals surface area contributed by atoms with Gasteiger partial charge in [-0.15, -0.1) is 0 Å². The second-order valence-corrected chi connectivity index (χ2v) is 5.51. The summed E-state index contributed by atoms with van der Waals surface area (Å²) in [6.45, 7) is 3.71. The van der Waals surface area contributed by atoms with Crippen LogP contribution in [0.15, 0.2) is 30.5 Å². The van der Waals surface area contributed by atoms with Gasteiger partial charge >= 0.3 is 6.18 Å². The summed E-state index contributed by atoms with van der Waals surface area (Å²) < 4.78 is 45.9. The first-order chi connectivity index (χ1) is 11.5. The minimum Gasteiger partial charge on any atom is -0.380 e. The maximum atomic E-state index is 13.0. The summed E-state index contributed by atoms with van der Waals surface area (Å²) in [7, 11) is 0. The number of halogens is 3. The van der Waals surface area contributed by atoms with E-state index in [1.807, 2.05) is 0 Å². The number of hydrogen-bond acceptors (Lipinski definition) is 3. The Hall–Kier alpha value is -1.86. The van der Waals surface area contributed by atoms with Crippen LogP contribution in [0.2, 0.25) is 0 Å². The summed E-state index contributed by atoms with van der Waals surface area (Å²) in [5, 5.41) is 0. The number of alkyl halides is 3. The number of ether oxygens (including phenoxy) is 1. The monoisotopic (exact) mass is 341 g/mol. The molecule has 2 aromatic rings. The van der Waals surface area contributed by atoms with Crippen molar-refractivity contribution in [1.82, 2.24) is 9.55 Å². The largest absolute Gasteiger partial charge is 0.434 e. The normalized spacial score (nSPS) is 11.9. The predicted octanol–water partition coefficient (Wildman–Crippen LogP) is 3.84. The molecule has 0 radical (unpaired) electrons. The Kier molecular flexibility index (Phi) is 6.39. The topological polar surface area (TPSA) is 53.1 Å². The van der Waals surface area contributed by atoms with E-state index in [9.17, 15) is 13.2 Å². The van der Waals surface area contributed by atoms with Crippen LogP contribution >= 0.6 is 0 Å². The third kappa shape index (κ3) is 4.82. The molecule has 7 heteroatoms. The smallest absolute Gasteiger partial charge is 0.380 e. The molecule has 2 N–H and O–H groups in total. The molecule has 0 saturated carbocycles. The van der Waals surface area contributed by atoms with Gasteiger partial charge in [0.2, 0.25) is 0 Å². The van der Waals surface area contributed by atoms with Crippen molar-refractivity contribution < 1.29 is 17.9 Å². The number of unbranched alkanes of at least 4 members (excludes halogenated alkanes) is 1. The van der Waals surface area contributed by atoms with E-state index in [1.54, 1.807) is 24.3 Å². The third-order valence-corrected chi connectivity index (χ3v) is 3.63. The van der Waals surface area contributed by atoms with Gasteiger partial charge in [0, 0.05) is 31.5 Å². The van der Waals surface area contributed by atoms with Crippen LogP contribution < -0.4 is 5.73 Å². The zero-order valence-corrected chi connectivity index (χ0v) is 13.6. The van der Waals surface area contributed by atoms with Gasteiger partial charge in [-0.25, -0.2) is 4.98 Å². The lowest BCUT2D eigenvalue weighted by atomic mass is 10.1. The zero-order valence-electron chi connectivity index (χ0n) is 13.6. The summed E-state index contributed by atoms with van der Waals surface area (Å²) >= 11 is 0. The first-order valence-corrected chi connectivity index (χ1v) is 7.97. The van der Waals surface area contributed by atoms with Crippen molar-refractivity contribution in [2.24, 2.45) is 5.73 Å². The van der Waals surface area contributed by atoms with Crippen molar-refractivity contribution in [2.75, 3.05) is 13.2 Å². The highest BCUT2D eigenvalue weighted by molar-refractivity contribution is 5.56. The standard InChI is InChI=1S/C17H22F3N3O/c1-2-3-9-24-10-8-23-12-15(17(18,19)20)22-16(23)14-6-4-13(11-21)5-7-14/h4-7,12H,2-3,8-11,21H2,1H3. The lowest BCUT2D eigenvalue weighted by Crippen LogP contribution is -2.08. The molecular formula is C17H22F3N3O. The van der Waals surface area contributed by atoms with Crippen LogP contribution in [0.25, 0.3) is 11.4 Å². The third-order valence-electron chi connectivity index (χ3n) is 3.63. The summed E-state index contributed by atoms with van der Waals surface area (Å²) in [5.74, 6) is 0.282. The Bertz CT molecular complexity index is 636. The molecule has 0 saturated heterocycles. The van der Waals surface area contributed by atoms with Crippen molar-refractivity contribution >= 4 is 0 Å². The molecule has 0 unspecified atom stereocenters. The molecule has 0 fully saturated rings. The molecular weight excluding hydrogens is 319 g/mol.